The Morgan fingerprint density at radius 3 is 0.685 bits per heavy atom. The molecule has 4 heterocycles. The molecule has 1 N–H and O–H groups in total. The van der Waals surface area contributed by atoms with Crippen LogP contribution in [0.4, 0.5) is 23.2 Å². The minimum absolute atomic E-state index is 0. The first kappa shape index (κ1) is 102. The van der Waals surface area contributed by atoms with Crippen molar-refractivity contribution in [2.24, 2.45) is 21.7 Å². The molecule has 0 saturated heterocycles. The summed E-state index contributed by atoms with van der Waals surface area (Å²) in [6.45, 7) is 50.4. The van der Waals surface area contributed by atoms with Crippen LogP contribution in [0.3, 0.4) is 0 Å². The molecule has 6 nitrogen and oxygen atoms in total. The number of hydrogen-bond donors (Lipinski definition) is 1. The minimum atomic E-state index is -0.297. The number of carbonyl (C=O) groups is 1. The number of benzene rings is 9. The third-order valence-corrected chi connectivity index (χ3v) is 20.8. The van der Waals surface area contributed by atoms with E-state index in [1.807, 2.05) is 115 Å². The number of rotatable bonds is 18. The molecule has 13 aromatic rings. The number of para-hydroxylation sites is 1. The van der Waals surface area contributed by atoms with Crippen LogP contribution in [-0.4, -0.2) is 24.2 Å². The van der Waals surface area contributed by atoms with E-state index < -0.39 is 0 Å². The molecule has 0 aliphatic heterocycles. The van der Waals surface area contributed by atoms with Gasteiger partial charge < -0.3 is 38.4 Å². The molecule has 2 radical (unpaired) electrons. The normalized spacial score (nSPS) is 11.8. The summed E-state index contributed by atoms with van der Waals surface area (Å²) in [5.74, 6) is 0.0219. The van der Waals surface area contributed by atoms with Gasteiger partial charge >= 0.3 is 0 Å². The molecule has 0 fully saturated rings. The quantitative estimate of drug-likeness (QED) is 0.0675. The monoisotopic (exact) mass is 2010 g/mol. The van der Waals surface area contributed by atoms with E-state index >= 15 is 0 Å². The van der Waals surface area contributed by atoms with Gasteiger partial charge in [-0.15, -0.1) is 0 Å². The predicted molar refractivity (Wildman–Crippen MR) is 518 cm³/mol. The maximum absolute atomic E-state index is 14.0. The third kappa shape index (κ3) is 25.9. The number of nitrogens with zero attached hydrogens (tertiary/aromatic N) is 4. The number of nitrogens with one attached hydrogen (secondary N) is 1. The van der Waals surface area contributed by atoms with Crippen molar-refractivity contribution in [2.75, 3.05) is 5.32 Å². The fourth-order valence-corrected chi connectivity index (χ4v) is 15.6. The van der Waals surface area contributed by atoms with Crippen LogP contribution in [0.1, 0.15) is 212 Å². The van der Waals surface area contributed by atoms with Crippen LogP contribution in [0.25, 0.3) is 114 Å². The Kier molecular flexibility index (Phi) is 36.7. The number of aromatic nitrogens is 4. The summed E-state index contributed by atoms with van der Waals surface area (Å²) in [5.41, 5.74) is 27.2. The predicted octanol–water partition coefficient (Wildman–Crippen LogP) is 33.5. The SMILES string of the molecule is CC(C)c1c(C(=O)Nc2ccccc2)c(-c2ccccc2)c(-c2ccc(F)cc2)n1C=CC(C)(C)C.Cc1c(-c2ccccc2)c(-c2ccc(F)cc2)n(C=CC(C)(C)C)c1C(C)C.Cc1c(-c2ccccc2)c(-c2ccc(F)cc2)n(C=CC(C)(C)C)c1C(C)C.Cc1c(-c2ccccc2)c(-c2ccc(F)cc2)n(C=CC(C)(C)C)c1C(C)C.[CH3-].[CH3-].[Re].[Re]. The maximum atomic E-state index is 14.0. The molecular weight excluding hydrogens is 1880 g/mol. The van der Waals surface area contributed by atoms with Crippen LogP contribution < -0.4 is 5.32 Å². The van der Waals surface area contributed by atoms with E-state index in [4.69, 9.17) is 0 Å². The maximum Gasteiger partial charge on any atom is 0.258 e. The summed E-state index contributed by atoms with van der Waals surface area (Å²) >= 11 is 0. The number of carbonyl (C=O) groups excluding carboxylic acids is 1. The van der Waals surface area contributed by atoms with Crippen molar-refractivity contribution in [1.82, 2.24) is 18.3 Å². The summed E-state index contributed by atoms with van der Waals surface area (Å²) in [5, 5.41) is 3.10. The average Bonchev–Trinajstić information content (AvgIpc) is 1.62. The Morgan fingerprint density at radius 2 is 0.476 bits per heavy atom. The molecule has 0 spiro atoms. The van der Waals surface area contributed by atoms with Gasteiger partial charge in [0.15, 0.2) is 0 Å². The topological polar surface area (TPSA) is 48.8 Å². The number of hydrogen-bond acceptors (Lipinski definition) is 1. The number of allylic oxidation sites excluding steroid dienone is 4. The fraction of sp³-hybridized carbons (Fsp3) is 0.277. The van der Waals surface area contributed by atoms with Crippen LogP contribution in [0.2, 0.25) is 0 Å². The Balaban J connectivity index is 0.000000254. The zero-order valence-electron chi connectivity index (χ0n) is 77.6. The zero-order valence-corrected chi connectivity index (χ0v) is 83.0. The fourth-order valence-electron chi connectivity index (χ4n) is 15.6. The first-order valence-corrected chi connectivity index (χ1v) is 42.1. The largest absolute Gasteiger partial charge is 0.358 e. The summed E-state index contributed by atoms with van der Waals surface area (Å²) in [6, 6.07) is 77.9. The molecule has 9 aromatic carbocycles. The van der Waals surface area contributed by atoms with Crippen LogP contribution in [0, 0.1) is 80.6 Å². The van der Waals surface area contributed by atoms with E-state index in [0.29, 0.717) is 23.3 Å². The Bertz CT molecular complexity index is 5310. The second-order valence-electron chi connectivity index (χ2n) is 36.8. The molecule has 1 amide bonds. The van der Waals surface area contributed by atoms with Gasteiger partial charge in [0.1, 0.15) is 23.3 Å². The van der Waals surface area contributed by atoms with Crippen molar-refractivity contribution in [1.29, 1.82) is 0 Å². The van der Waals surface area contributed by atoms with Crippen LogP contribution in [0.5, 0.6) is 0 Å². The molecule has 0 bridgehead atoms. The first-order valence-electron chi connectivity index (χ1n) is 42.1. The van der Waals surface area contributed by atoms with Crippen LogP contribution in [0.15, 0.2) is 273 Å². The van der Waals surface area contributed by atoms with E-state index in [9.17, 15) is 22.4 Å². The summed E-state index contributed by atoms with van der Waals surface area (Å²) in [4.78, 5) is 14.0. The smallest absolute Gasteiger partial charge is 0.258 e. The standard InChI is InChI=1S/C32H33FN2O.3C26H30FN.2CH3.2Re/c1-22(2)29-28(31(36)34-26-14-10-7-11-15-26)27(23-12-8-6-9-13-23)30(24-16-18-25(33)19-17-24)35(29)21-20-32(3,4)5;3*1-18(2)24-19(3)23(20-10-8-7-9-11-20)25(21-12-14-22(27)15-13-21)28(24)17-16-26(4,5)6;;;;/h6-22H,1-5H3,(H,34,36);3*7-18H,1-6H3;2*1H3;;/q;;;;2*-1;;. The van der Waals surface area contributed by atoms with E-state index in [1.165, 1.54) is 79.3 Å². The van der Waals surface area contributed by atoms with Crippen molar-refractivity contribution in [2.45, 2.75) is 183 Å². The van der Waals surface area contributed by atoms with Crippen molar-refractivity contribution < 1.29 is 63.2 Å². The van der Waals surface area contributed by atoms with E-state index in [2.05, 4.69) is 305 Å². The van der Waals surface area contributed by atoms with Gasteiger partial charge in [0.25, 0.3) is 5.91 Å². The number of amides is 1. The van der Waals surface area contributed by atoms with Gasteiger partial charge in [-0.05, 0) is 236 Å². The first-order chi connectivity index (χ1) is 56.7. The molecule has 124 heavy (non-hydrogen) atoms. The number of halogens is 4. The van der Waals surface area contributed by atoms with E-state index in [0.717, 1.165) is 67.5 Å². The Labute approximate surface area is 767 Å². The van der Waals surface area contributed by atoms with Gasteiger partial charge in [0, 0.05) is 116 Å². The zero-order chi connectivity index (χ0) is 87.3. The molecule has 13 rings (SSSR count). The Morgan fingerprint density at radius 1 is 0.282 bits per heavy atom. The molecule has 0 atom stereocenters. The van der Waals surface area contributed by atoms with E-state index in [-0.39, 0.29) is 112 Å². The van der Waals surface area contributed by atoms with Gasteiger partial charge in [-0.2, -0.15) is 0 Å². The average molecular weight is 2010 g/mol. The molecule has 0 unspecified atom stereocenters. The van der Waals surface area contributed by atoms with Crippen LogP contribution in [-0.2, 0) is 40.8 Å². The second-order valence-corrected chi connectivity index (χ2v) is 36.8. The van der Waals surface area contributed by atoms with Crippen molar-refractivity contribution in [3.63, 3.8) is 0 Å². The molecule has 652 valence electrons. The molecule has 4 aromatic heterocycles. The van der Waals surface area contributed by atoms with Gasteiger partial charge in [0.2, 0.25) is 0 Å². The van der Waals surface area contributed by atoms with Gasteiger partial charge in [0.05, 0.1) is 28.3 Å². The summed E-state index contributed by atoms with van der Waals surface area (Å²) < 4.78 is 63.8. The Hall–Kier alpha value is -10.4. The van der Waals surface area contributed by atoms with Gasteiger partial charge in [-0.25, -0.2) is 17.6 Å². The molecule has 0 aliphatic carbocycles. The van der Waals surface area contributed by atoms with Crippen molar-refractivity contribution in [3.8, 4) is 89.5 Å². The number of anilines is 1. The van der Waals surface area contributed by atoms with Crippen LogP contribution >= 0.6 is 0 Å². The minimum Gasteiger partial charge on any atom is -0.358 e. The second kappa shape index (κ2) is 44.4. The summed E-state index contributed by atoms with van der Waals surface area (Å²) in [7, 11) is 0. The molecule has 0 saturated carbocycles. The molecule has 12 heteroatoms. The van der Waals surface area contributed by atoms with Crippen molar-refractivity contribution in [3.05, 3.63) is 356 Å². The van der Waals surface area contributed by atoms with E-state index in [1.54, 1.807) is 48.5 Å². The van der Waals surface area contributed by atoms with Gasteiger partial charge in [-0.1, -0.05) is 302 Å². The summed E-state index contributed by atoms with van der Waals surface area (Å²) in [6.07, 6.45) is 17.5. The van der Waals surface area contributed by atoms with Crippen molar-refractivity contribution >= 4 is 36.4 Å². The molecule has 0 aliphatic rings. The third-order valence-electron chi connectivity index (χ3n) is 20.8. The molecular formula is C112H129F4N5ORe2-2. The van der Waals surface area contributed by atoms with Gasteiger partial charge in [-0.3, -0.25) is 4.79 Å².